The van der Waals surface area contributed by atoms with Crippen molar-refractivity contribution >= 4 is 27.9 Å². The molecule has 1 aliphatic rings. The molecule has 0 aromatic heterocycles. The Bertz CT molecular complexity index is 727. The van der Waals surface area contributed by atoms with Gasteiger partial charge in [-0.05, 0) is 49.2 Å². The fraction of sp³-hybridized carbons (Fsp3) is 0.278. The number of carbonyl (C=O) groups is 1. The molecule has 1 aliphatic heterocycles. The average molecular weight is 360 g/mol. The van der Waals surface area contributed by atoms with E-state index in [-0.39, 0.29) is 0 Å². The van der Waals surface area contributed by atoms with Crippen molar-refractivity contribution in [2.45, 2.75) is 25.7 Å². The highest BCUT2D eigenvalue weighted by Crippen LogP contribution is 2.41. The molecular formula is C18H18BrNO2. The highest BCUT2D eigenvalue weighted by atomic mass is 79.9. The van der Waals surface area contributed by atoms with Crippen LogP contribution in [0.4, 0.5) is 5.69 Å². The van der Waals surface area contributed by atoms with E-state index in [1.807, 2.05) is 37.9 Å². The van der Waals surface area contributed by atoms with Gasteiger partial charge in [-0.2, -0.15) is 0 Å². The fourth-order valence-electron chi connectivity index (χ4n) is 2.87. The van der Waals surface area contributed by atoms with E-state index in [4.69, 9.17) is 4.74 Å². The molecule has 0 saturated heterocycles. The third-order valence-corrected chi connectivity index (χ3v) is 4.59. The van der Waals surface area contributed by atoms with Gasteiger partial charge in [-0.3, -0.25) is 4.79 Å². The van der Waals surface area contributed by atoms with Gasteiger partial charge in [0.15, 0.2) is 12.5 Å². The Hall–Kier alpha value is -1.65. The predicted molar refractivity (Wildman–Crippen MR) is 91.9 cm³/mol. The first-order chi connectivity index (χ1) is 10.4. The number of carbonyl (C=O) groups excluding carboxylic acids is 1. The summed E-state index contributed by atoms with van der Waals surface area (Å²) < 4.78 is 6.98. The molecular weight excluding hydrogens is 342 g/mol. The van der Waals surface area contributed by atoms with Crippen LogP contribution >= 0.6 is 15.9 Å². The van der Waals surface area contributed by atoms with Crippen LogP contribution in [0.3, 0.4) is 0 Å². The number of likely N-dealkylation sites (N-methyl/N-ethyl adjacent to an activating group) is 1. The zero-order valence-corrected chi connectivity index (χ0v) is 14.4. The number of benzene rings is 2. The van der Waals surface area contributed by atoms with Gasteiger partial charge in [0.1, 0.15) is 0 Å². The number of anilines is 1. The number of fused-ring (bicyclic) bond motifs is 1. The van der Waals surface area contributed by atoms with Crippen molar-refractivity contribution in [3.63, 3.8) is 0 Å². The summed E-state index contributed by atoms with van der Waals surface area (Å²) in [7, 11) is 1.88. The molecule has 2 aromatic rings. The molecule has 2 aromatic carbocycles. The Morgan fingerprint density at radius 3 is 2.59 bits per heavy atom. The van der Waals surface area contributed by atoms with Crippen LogP contribution in [0.15, 0.2) is 46.9 Å². The lowest BCUT2D eigenvalue weighted by molar-refractivity contribution is -0.132. The van der Waals surface area contributed by atoms with Gasteiger partial charge in [-0.15, -0.1) is 0 Å². The van der Waals surface area contributed by atoms with Crippen molar-refractivity contribution in [2.24, 2.45) is 0 Å². The molecule has 0 spiro atoms. The summed E-state index contributed by atoms with van der Waals surface area (Å²) in [4.78, 5) is 13.1. The van der Waals surface area contributed by atoms with Gasteiger partial charge in [-0.25, -0.2) is 0 Å². The Labute approximate surface area is 139 Å². The van der Waals surface area contributed by atoms with E-state index in [1.54, 1.807) is 0 Å². The number of halogens is 1. The van der Waals surface area contributed by atoms with E-state index in [0.717, 1.165) is 33.1 Å². The molecule has 1 heterocycles. The third kappa shape index (κ3) is 2.57. The summed E-state index contributed by atoms with van der Waals surface area (Å²) in [6.07, 6.45) is 0.298. The second-order valence-corrected chi connectivity index (χ2v) is 6.92. The quantitative estimate of drug-likeness (QED) is 0.746. The second kappa shape index (κ2) is 5.52. The normalized spacial score (nSPS) is 19.6. The van der Waals surface area contributed by atoms with Gasteiger partial charge in [-0.1, -0.05) is 34.1 Å². The maximum Gasteiger partial charge on any atom is 0.187 e. The van der Waals surface area contributed by atoms with Crippen molar-refractivity contribution < 1.29 is 9.53 Å². The van der Waals surface area contributed by atoms with Gasteiger partial charge < -0.3 is 9.64 Å². The first-order valence-corrected chi connectivity index (χ1v) is 7.98. The van der Waals surface area contributed by atoms with Gasteiger partial charge in [0.05, 0.1) is 5.60 Å². The van der Waals surface area contributed by atoms with Gasteiger partial charge in [0.25, 0.3) is 0 Å². The average Bonchev–Trinajstić information content (AvgIpc) is 2.50. The second-order valence-electron chi connectivity index (χ2n) is 6.01. The van der Waals surface area contributed by atoms with Crippen molar-refractivity contribution in [3.8, 4) is 11.1 Å². The molecule has 1 unspecified atom stereocenters. The van der Waals surface area contributed by atoms with Crippen LogP contribution in [0, 0.1) is 0 Å². The number of rotatable bonds is 2. The van der Waals surface area contributed by atoms with Crippen LogP contribution < -0.4 is 4.90 Å². The highest BCUT2D eigenvalue weighted by molar-refractivity contribution is 9.10. The fourth-order valence-corrected chi connectivity index (χ4v) is 3.27. The molecule has 0 fully saturated rings. The van der Waals surface area contributed by atoms with Crippen LogP contribution in [0.2, 0.25) is 0 Å². The van der Waals surface area contributed by atoms with E-state index in [2.05, 4.69) is 46.3 Å². The summed E-state index contributed by atoms with van der Waals surface area (Å²) >= 11 is 3.51. The Morgan fingerprint density at radius 2 is 1.91 bits per heavy atom. The molecule has 3 nitrogen and oxygen atoms in total. The minimum atomic E-state index is -0.542. The van der Waals surface area contributed by atoms with Crippen LogP contribution in [-0.2, 0) is 15.1 Å². The topological polar surface area (TPSA) is 29.5 Å². The summed E-state index contributed by atoms with van der Waals surface area (Å²) in [6.45, 7) is 4.00. The number of hydrogen-bond acceptors (Lipinski definition) is 3. The lowest BCUT2D eigenvalue weighted by atomic mass is 9.90. The van der Waals surface area contributed by atoms with E-state index >= 15 is 0 Å². The van der Waals surface area contributed by atoms with Crippen molar-refractivity contribution in [3.05, 3.63) is 52.5 Å². The molecule has 4 heteroatoms. The lowest BCUT2D eigenvalue weighted by Crippen LogP contribution is -2.46. The molecule has 1 atom stereocenters. The Kier molecular flexibility index (Phi) is 3.83. The molecule has 0 aliphatic carbocycles. The van der Waals surface area contributed by atoms with E-state index in [1.165, 1.54) is 0 Å². The van der Waals surface area contributed by atoms with E-state index < -0.39 is 11.8 Å². The molecule has 3 rings (SSSR count). The summed E-state index contributed by atoms with van der Waals surface area (Å²) in [5.41, 5.74) is 3.90. The van der Waals surface area contributed by atoms with Gasteiger partial charge in [0.2, 0.25) is 0 Å². The standard InChI is InChI=1S/C18H18BrNO2/c1-18(2)15-10-13(12-5-4-6-14(19)9-12)7-8-16(15)20(3)17(11-21)22-18/h4-11,17H,1-3H3. The Morgan fingerprint density at radius 1 is 1.18 bits per heavy atom. The van der Waals surface area contributed by atoms with Crippen LogP contribution in [-0.4, -0.2) is 19.6 Å². The molecule has 114 valence electrons. The third-order valence-electron chi connectivity index (χ3n) is 4.10. The largest absolute Gasteiger partial charge is 0.343 e. The number of hydrogen-bond donors (Lipinski definition) is 0. The van der Waals surface area contributed by atoms with Crippen molar-refractivity contribution in [1.29, 1.82) is 0 Å². The SMILES string of the molecule is CN1c2ccc(-c3cccc(Br)c3)cc2C(C)(C)OC1C=O. The van der Waals surface area contributed by atoms with Crippen LogP contribution in [0.1, 0.15) is 19.4 Å². The summed E-state index contributed by atoms with van der Waals surface area (Å²) in [5.74, 6) is 0. The molecule has 0 radical (unpaired) electrons. The van der Waals surface area contributed by atoms with Gasteiger partial charge >= 0.3 is 0 Å². The lowest BCUT2D eigenvalue weighted by Gasteiger charge is -2.42. The number of ether oxygens (including phenoxy) is 1. The van der Waals surface area contributed by atoms with Crippen LogP contribution in [0.25, 0.3) is 11.1 Å². The summed E-state index contributed by atoms with van der Waals surface area (Å²) in [5, 5.41) is 0. The van der Waals surface area contributed by atoms with Gasteiger partial charge in [0, 0.05) is 22.8 Å². The molecule has 0 amide bonds. The van der Waals surface area contributed by atoms with E-state index in [0.29, 0.717) is 0 Å². The molecule has 0 bridgehead atoms. The molecule has 0 N–H and O–H groups in total. The maximum atomic E-state index is 11.2. The monoisotopic (exact) mass is 359 g/mol. The molecule has 0 saturated carbocycles. The van der Waals surface area contributed by atoms with E-state index in [9.17, 15) is 4.79 Å². The minimum absolute atomic E-state index is 0.505. The zero-order valence-electron chi connectivity index (χ0n) is 12.8. The Balaban J connectivity index is 2.12. The minimum Gasteiger partial charge on any atom is -0.343 e. The van der Waals surface area contributed by atoms with Crippen molar-refractivity contribution in [2.75, 3.05) is 11.9 Å². The van der Waals surface area contributed by atoms with Crippen molar-refractivity contribution in [1.82, 2.24) is 0 Å². The summed E-state index contributed by atoms with van der Waals surface area (Å²) in [6, 6.07) is 14.5. The number of aldehydes is 1. The smallest absolute Gasteiger partial charge is 0.187 e. The van der Waals surface area contributed by atoms with Crippen LogP contribution in [0.5, 0.6) is 0 Å². The zero-order chi connectivity index (χ0) is 15.9. The highest BCUT2D eigenvalue weighted by Gasteiger charge is 2.36. The first-order valence-electron chi connectivity index (χ1n) is 7.19. The maximum absolute atomic E-state index is 11.2. The molecule has 22 heavy (non-hydrogen) atoms. The predicted octanol–water partition coefficient (Wildman–Crippen LogP) is 4.34. The number of nitrogens with zero attached hydrogens (tertiary/aromatic N) is 1. The first kappa shape index (κ1) is 15.3.